The van der Waals surface area contributed by atoms with E-state index in [2.05, 4.69) is 19.9 Å². The number of thioether (sulfide) groups is 1. The average Bonchev–Trinajstić information content (AvgIpc) is 2.99. The Morgan fingerprint density at radius 1 is 1.25 bits per heavy atom. The van der Waals surface area contributed by atoms with Gasteiger partial charge in [-0.3, -0.25) is 4.79 Å². The van der Waals surface area contributed by atoms with Gasteiger partial charge in [-0.05, 0) is 12.0 Å². The fourth-order valence-corrected chi connectivity index (χ4v) is 3.96. The second kappa shape index (κ2) is 6.02. The number of rotatable bonds is 5. The molecule has 0 spiro atoms. The summed E-state index contributed by atoms with van der Waals surface area (Å²) in [5, 5.41) is 0.717. The quantitative estimate of drug-likeness (QED) is 0.314. The molecule has 1 aliphatic carbocycles. The number of aromatic amines is 1. The van der Waals surface area contributed by atoms with Gasteiger partial charge in [0.2, 0.25) is 0 Å². The molecule has 1 N–H and O–H groups in total. The number of alkyl halides is 2. The van der Waals surface area contributed by atoms with Gasteiger partial charge in [0, 0.05) is 11.5 Å². The first kappa shape index (κ1) is 15.9. The molecule has 1 aliphatic rings. The molecule has 0 aliphatic heterocycles. The molecular weight excluding hydrogens is 367 g/mol. The number of ketones is 1. The van der Waals surface area contributed by atoms with Crippen molar-refractivity contribution in [3.8, 4) is 0 Å². The summed E-state index contributed by atoms with van der Waals surface area (Å²) in [6.07, 6.45) is 3.77. The molecule has 1 saturated carbocycles. The predicted octanol–water partition coefficient (Wildman–Crippen LogP) is 3.99. The molecule has 0 amide bonds. The molecule has 1 atom stereocenters. The molecule has 0 bridgehead atoms. The van der Waals surface area contributed by atoms with Crippen molar-refractivity contribution in [2.75, 3.05) is 5.75 Å². The van der Waals surface area contributed by atoms with E-state index in [0.29, 0.717) is 17.0 Å². The van der Waals surface area contributed by atoms with Crippen LogP contribution in [0.5, 0.6) is 0 Å². The molecule has 0 radical (unpaired) electrons. The van der Waals surface area contributed by atoms with Crippen molar-refractivity contribution in [3.05, 3.63) is 48.0 Å². The number of fused-ring (bicyclic) bond motifs is 1. The lowest BCUT2D eigenvalue weighted by atomic mass is 10.1. The smallest absolute Gasteiger partial charge is 0.181 e. The Morgan fingerprint density at radius 3 is 2.71 bits per heavy atom. The Kier molecular flexibility index (Phi) is 3.98. The maximum Gasteiger partial charge on any atom is 0.181 e. The van der Waals surface area contributed by atoms with E-state index in [4.69, 9.17) is 23.2 Å². The van der Waals surface area contributed by atoms with E-state index in [0.717, 1.165) is 22.5 Å². The van der Waals surface area contributed by atoms with E-state index in [-0.39, 0.29) is 11.7 Å². The van der Waals surface area contributed by atoms with E-state index >= 15 is 0 Å². The highest BCUT2D eigenvalue weighted by atomic mass is 35.5. The first-order chi connectivity index (χ1) is 11.5. The van der Waals surface area contributed by atoms with Crippen LogP contribution in [-0.4, -0.2) is 35.8 Å². The first-order valence-corrected chi connectivity index (χ1v) is 9.06. The molecular formula is C16H12Cl2N4OS. The Morgan fingerprint density at radius 2 is 2.00 bits per heavy atom. The second-order valence-electron chi connectivity index (χ2n) is 5.63. The third-order valence-electron chi connectivity index (χ3n) is 3.99. The number of benzene rings is 1. The van der Waals surface area contributed by atoms with Gasteiger partial charge in [-0.25, -0.2) is 15.0 Å². The van der Waals surface area contributed by atoms with Crippen molar-refractivity contribution >= 4 is 51.9 Å². The third-order valence-corrected chi connectivity index (χ3v) is 5.81. The lowest BCUT2D eigenvalue weighted by molar-refractivity contribution is 0.102. The van der Waals surface area contributed by atoms with Crippen LogP contribution >= 0.6 is 35.0 Å². The number of H-pyrrole nitrogens is 1. The average molecular weight is 379 g/mol. The fraction of sp³-hybridized carbons (Fsp3) is 0.250. The number of nitrogens with zero attached hydrogens (tertiary/aromatic N) is 3. The molecule has 5 nitrogen and oxygen atoms in total. The van der Waals surface area contributed by atoms with Gasteiger partial charge in [0.25, 0.3) is 0 Å². The number of carbonyl (C=O) groups excluding carboxylic acids is 1. The van der Waals surface area contributed by atoms with Crippen molar-refractivity contribution in [1.29, 1.82) is 0 Å². The Balaban J connectivity index is 1.44. The normalized spacial score (nSPS) is 18.7. The second-order valence-corrected chi connectivity index (χ2v) is 8.14. The largest absolute Gasteiger partial charge is 0.341 e. The van der Waals surface area contributed by atoms with Crippen molar-refractivity contribution in [2.24, 2.45) is 0 Å². The van der Waals surface area contributed by atoms with Crippen molar-refractivity contribution in [2.45, 2.75) is 21.7 Å². The lowest BCUT2D eigenvalue weighted by Gasteiger charge is -2.04. The van der Waals surface area contributed by atoms with Crippen molar-refractivity contribution < 1.29 is 4.79 Å². The number of halogens is 2. The number of carbonyl (C=O) groups is 1. The summed E-state index contributed by atoms with van der Waals surface area (Å²) in [7, 11) is 0. The summed E-state index contributed by atoms with van der Waals surface area (Å²) < 4.78 is -0.649. The molecule has 0 saturated heterocycles. The van der Waals surface area contributed by atoms with Crippen LogP contribution in [0.1, 0.15) is 28.3 Å². The molecule has 1 aromatic carbocycles. The molecule has 24 heavy (non-hydrogen) atoms. The number of hydrogen-bond acceptors (Lipinski definition) is 5. The summed E-state index contributed by atoms with van der Waals surface area (Å²) >= 11 is 13.5. The zero-order valence-electron chi connectivity index (χ0n) is 12.4. The van der Waals surface area contributed by atoms with Crippen LogP contribution < -0.4 is 0 Å². The summed E-state index contributed by atoms with van der Waals surface area (Å²) in [5.74, 6) is 0.494. The van der Waals surface area contributed by atoms with E-state index < -0.39 is 4.33 Å². The maximum atomic E-state index is 12.4. The molecule has 3 aromatic rings. The van der Waals surface area contributed by atoms with Crippen LogP contribution in [-0.2, 0) is 0 Å². The zero-order chi connectivity index (χ0) is 16.7. The summed E-state index contributed by atoms with van der Waals surface area (Å²) in [6, 6.07) is 7.50. The lowest BCUT2D eigenvalue weighted by Crippen LogP contribution is -2.03. The van der Waals surface area contributed by atoms with Gasteiger partial charge in [-0.15, -0.1) is 23.2 Å². The predicted molar refractivity (Wildman–Crippen MR) is 95.0 cm³/mol. The highest BCUT2D eigenvalue weighted by Gasteiger charge is 2.52. The maximum absolute atomic E-state index is 12.4. The molecule has 2 heterocycles. The van der Waals surface area contributed by atoms with E-state index in [9.17, 15) is 4.79 Å². The minimum Gasteiger partial charge on any atom is -0.341 e. The zero-order valence-corrected chi connectivity index (χ0v) is 14.7. The number of aromatic nitrogens is 4. The molecule has 1 unspecified atom stereocenters. The number of nitrogens with one attached hydrogen (secondary N) is 1. The fourth-order valence-electron chi connectivity index (χ4n) is 2.55. The highest BCUT2D eigenvalue weighted by molar-refractivity contribution is 8.00. The van der Waals surface area contributed by atoms with Gasteiger partial charge in [0.05, 0.1) is 12.1 Å². The Labute approximate surface area is 152 Å². The first-order valence-electron chi connectivity index (χ1n) is 7.32. The molecule has 2 aromatic heterocycles. The number of hydrogen-bond donors (Lipinski definition) is 1. The molecule has 4 rings (SSSR count). The van der Waals surface area contributed by atoms with Crippen LogP contribution in [0.2, 0.25) is 0 Å². The highest BCUT2D eigenvalue weighted by Crippen LogP contribution is 2.59. The monoisotopic (exact) mass is 378 g/mol. The Hall–Kier alpha value is -1.63. The van der Waals surface area contributed by atoms with Crippen LogP contribution in [0.4, 0.5) is 0 Å². The van der Waals surface area contributed by atoms with E-state index in [1.54, 1.807) is 6.33 Å². The van der Waals surface area contributed by atoms with Gasteiger partial charge in [0.15, 0.2) is 11.4 Å². The van der Waals surface area contributed by atoms with Crippen LogP contribution in [0.25, 0.3) is 11.2 Å². The topological polar surface area (TPSA) is 71.5 Å². The van der Waals surface area contributed by atoms with Crippen molar-refractivity contribution in [3.63, 3.8) is 0 Å². The number of imidazole rings is 1. The third kappa shape index (κ3) is 3.01. The van der Waals surface area contributed by atoms with Crippen LogP contribution in [0.15, 0.2) is 41.9 Å². The Bertz CT molecular complexity index is 910. The van der Waals surface area contributed by atoms with Gasteiger partial charge < -0.3 is 4.98 Å². The SMILES string of the molecule is O=C(CSc1ncnc2nc[nH]c12)c1ccc(C2CC2(Cl)Cl)cc1. The van der Waals surface area contributed by atoms with Crippen LogP contribution in [0, 0.1) is 0 Å². The van der Waals surface area contributed by atoms with Gasteiger partial charge in [-0.1, -0.05) is 36.0 Å². The standard InChI is InChI=1S/C16H12Cl2N4OS/c17-16(18)5-11(16)9-1-3-10(4-2-9)12(23)6-24-15-13-14(20-7-19-13)21-8-22-15/h1-4,7-8,11H,5-6H2,(H,19,20,21,22). The minimum absolute atomic E-state index is 0.0386. The van der Waals surface area contributed by atoms with Crippen molar-refractivity contribution in [1.82, 2.24) is 19.9 Å². The van der Waals surface area contributed by atoms with Crippen LogP contribution in [0.3, 0.4) is 0 Å². The summed E-state index contributed by atoms with van der Waals surface area (Å²) in [4.78, 5) is 27.7. The van der Waals surface area contributed by atoms with E-state index in [1.807, 2.05) is 24.3 Å². The van der Waals surface area contributed by atoms with E-state index in [1.165, 1.54) is 18.1 Å². The summed E-state index contributed by atoms with van der Waals surface area (Å²) in [6.45, 7) is 0. The molecule has 122 valence electrons. The summed E-state index contributed by atoms with van der Waals surface area (Å²) in [5.41, 5.74) is 3.08. The number of Topliss-reactive ketones (excluding diaryl/α,β-unsaturated/α-hetero) is 1. The van der Waals surface area contributed by atoms with Gasteiger partial charge in [-0.2, -0.15) is 0 Å². The van der Waals surface area contributed by atoms with Gasteiger partial charge >= 0.3 is 0 Å². The molecule has 1 fully saturated rings. The minimum atomic E-state index is -0.649. The van der Waals surface area contributed by atoms with Gasteiger partial charge in [0.1, 0.15) is 21.2 Å². The molecule has 8 heteroatoms.